The average molecular weight is 298 g/mol. The molecule has 7 nitrogen and oxygen atoms in total. The fourth-order valence-electron chi connectivity index (χ4n) is 2.14. The van der Waals surface area contributed by atoms with Gasteiger partial charge in [-0.1, -0.05) is 12.1 Å². The molecule has 0 spiro atoms. The first-order valence-corrected chi connectivity index (χ1v) is 6.42. The van der Waals surface area contributed by atoms with Crippen LogP contribution in [0.1, 0.15) is 26.3 Å². The second-order valence-corrected chi connectivity index (χ2v) is 4.65. The van der Waals surface area contributed by atoms with Gasteiger partial charge in [0.15, 0.2) is 0 Å². The molecule has 2 aromatic rings. The molecule has 0 saturated carbocycles. The number of rotatable bonds is 4. The van der Waals surface area contributed by atoms with Gasteiger partial charge in [0.1, 0.15) is 6.61 Å². The van der Waals surface area contributed by atoms with E-state index in [4.69, 9.17) is 4.84 Å². The lowest BCUT2D eigenvalue weighted by Crippen LogP contribution is -2.29. The Bertz CT molecular complexity index is 735. The summed E-state index contributed by atoms with van der Waals surface area (Å²) in [4.78, 5) is 39.4. The van der Waals surface area contributed by atoms with Crippen molar-refractivity contribution in [2.45, 2.75) is 6.61 Å². The van der Waals surface area contributed by atoms with Crippen molar-refractivity contribution in [1.82, 2.24) is 5.06 Å². The van der Waals surface area contributed by atoms with Gasteiger partial charge in [0.2, 0.25) is 0 Å². The number of fused-ring (bicyclic) bond motifs is 1. The number of hydroxylamine groups is 2. The zero-order chi connectivity index (χ0) is 15.7. The van der Waals surface area contributed by atoms with Crippen LogP contribution in [0.4, 0.5) is 5.69 Å². The summed E-state index contributed by atoms with van der Waals surface area (Å²) in [5.41, 5.74) is 1.18. The third-order valence-corrected chi connectivity index (χ3v) is 3.26. The maximum absolute atomic E-state index is 12.1. The normalized spacial score (nSPS) is 13.4. The first-order valence-electron chi connectivity index (χ1n) is 6.42. The molecule has 0 unspecified atom stereocenters. The zero-order valence-corrected chi connectivity index (χ0v) is 11.3. The van der Waals surface area contributed by atoms with Gasteiger partial charge < -0.3 is 0 Å². The molecule has 110 valence electrons. The molecular weight excluding hydrogens is 288 g/mol. The number of hydrogen-bond donors (Lipinski definition) is 0. The van der Waals surface area contributed by atoms with Crippen LogP contribution in [0.2, 0.25) is 0 Å². The second-order valence-electron chi connectivity index (χ2n) is 4.65. The Hall–Kier alpha value is -3.06. The monoisotopic (exact) mass is 298 g/mol. The van der Waals surface area contributed by atoms with E-state index in [0.717, 1.165) is 0 Å². The standard InChI is InChI=1S/C15H10N2O5/c18-14-12-3-1-2-4-13(12)15(19)16(14)22-9-10-5-7-11(8-6-10)17(20)21/h1-8H,9H2. The molecule has 0 aromatic heterocycles. The largest absolute Gasteiger partial charge is 0.285 e. The fourth-order valence-corrected chi connectivity index (χ4v) is 2.14. The molecule has 2 aromatic carbocycles. The van der Waals surface area contributed by atoms with Crippen molar-refractivity contribution in [3.05, 3.63) is 75.3 Å². The third kappa shape index (κ3) is 2.33. The highest BCUT2D eigenvalue weighted by molar-refractivity contribution is 6.20. The van der Waals surface area contributed by atoms with Crippen molar-refractivity contribution in [3.63, 3.8) is 0 Å². The lowest BCUT2D eigenvalue weighted by Gasteiger charge is -2.13. The van der Waals surface area contributed by atoms with Crippen molar-refractivity contribution in [2.75, 3.05) is 0 Å². The summed E-state index contributed by atoms with van der Waals surface area (Å²) in [6, 6.07) is 12.2. The Labute approximate surface area is 124 Å². The minimum atomic E-state index is -0.512. The molecular formula is C15H10N2O5. The van der Waals surface area contributed by atoms with Crippen LogP contribution < -0.4 is 0 Å². The minimum Gasteiger partial charge on any atom is -0.266 e. The first kappa shape index (κ1) is 13.9. The van der Waals surface area contributed by atoms with Gasteiger partial charge in [0.25, 0.3) is 17.5 Å². The second kappa shape index (κ2) is 5.38. The van der Waals surface area contributed by atoms with E-state index in [0.29, 0.717) is 21.8 Å². The summed E-state index contributed by atoms with van der Waals surface area (Å²) in [6.45, 7) is -0.0382. The van der Waals surface area contributed by atoms with Crippen molar-refractivity contribution >= 4 is 17.5 Å². The van der Waals surface area contributed by atoms with E-state index in [2.05, 4.69) is 0 Å². The Morgan fingerprint density at radius 2 is 1.50 bits per heavy atom. The number of nitrogens with zero attached hydrogens (tertiary/aromatic N) is 2. The number of non-ortho nitro benzene ring substituents is 1. The predicted octanol–water partition coefficient (Wildman–Crippen LogP) is 2.32. The number of carbonyl (C=O) groups is 2. The number of nitro groups is 1. The van der Waals surface area contributed by atoms with Crippen molar-refractivity contribution in [2.24, 2.45) is 0 Å². The summed E-state index contributed by atoms with van der Waals surface area (Å²) in [7, 11) is 0. The van der Waals surface area contributed by atoms with Crippen LogP contribution in [0.3, 0.4) is 0 Å². The smallest absolute Gasteiger partial charge is 0.266 e. The van der Waals surface area contributed by atoms with Gasteiger partial charge >= 0.3 is 0 Å². The molecule has 0 radical (unpaired) electrons. The third-order valence-electron chi connectivity index (χ3n) is 3.26. The van der Waals surface area contributed by atoms with Crippen LogP contribution in [0.25, 0.3) is 0 Å². The lowest BCUT2D eigenvalue weighted by molar-refractivity contribution is -0.384. The molecule has 7 heteroatoms. The summed E-state index contributed by atoms with van der Waals surface area (Å²) < 4.78 is 0. The first-order chi connectivity index (χ1) is 10.6. The quantitative estimate of drug-likeness (QED) is 0.491. The topological polar surface area (TPSA) is 89.8 Å². The zero-order valence-electron chi connectivity index (χ0n) is 11.3. The van der Waals surface area contributed by atoms with Gasteiger partial charge in [-0.25, -0.2) is 0 Å². The molecule has 0 N–H and O–H groups in total. The summed E-state index contributed by atoms with van der Waals surface area (Å²) >= 11 is 0. The van der Waals surface area contributed by atoms with Crippen LogP contribution in [-0.4, -0.2) is 21.8 Å². The molecule has 22 heavy (non-hydrogen) atoms. The number of carbonyl (C=O) groups excluding carboxylic acids is 2. The molecule has 1 aliphatic heterocycles. The fraction of sp³-hybridized carbons (Fsp3) is 0.0667. The Morgan fingerprint density at radius 1 is 0.955 bits per heavy atom. The van der Waals surface area contributed by atoms with E-state index in [-0.39, 0.29) is 12.3 Å². The van der Waals surface area contributed by atoms with Gasteiger partial charge in [-0.3, -0.25) is 24.5 Å². The van der Waals surface area contributed by atoms with Gasteiger partial charge in [-0.2, -0.15) is 0 Å². The maximum atomic E-state index is 12.1. The van der Waals surface area contributed by atoms with Gasteiger partial charge in [0.05, 0.1) is 16.1 Å². The lowest BCUT2D eigenvalue weighted by atomic mass is 10.1. The van der Waals surface area contributed by atoms with Gasteiger partial charge in [-0.15, -0.1) is 5.06 Å². The number of hydrogen-bond acceptors (Lipinski definition) is 5. The van der Waals surface area contributed by atoms with E-state index < -0.39 is 16.7 Å². The number of nitro benzene ring substituents is 1. The van der Waals surface area contributed by atoms with E-state index in [1.165, 1.54) is 24.3 Å². The van der Waals surface area contributed by atoms with Crippen LogP contribution in [0.15, 0.2) is 48.5 Å². The van der Waals surface area contributed by atoms with E-state index in [9.17, 15) is 19.7 Å². The van der Waals surface area contributed by atoms with Crippen LogP contribution in [0.5, 0.6) is 0 Å². The Kier molecular flexibility index (Phi) is 3.40. The Balaban J connectivity index is 1.71. The molecule has 0 saturated heterocycles. The van der Waals surface area contributed by atoms with Gasteiger partial charge in [-0.05, 0) is 29.8 Å². The minimum absolute atomic E-state index is 0.0375. The number of amides is 2. The summed E-state index contributed by atoms with van der Waals surface area (Å²) in [6.07, 6.45) is 0. The maximum Gasteiger partial charge on any atom is 0.285 e. The van der Waals surface area contributed by atoms with E-state index in [1.807, 2.05) is 0 Å². The highest BCUT2D eigenvalue weighted by Gasteiger charge is 2.36. The highest BCUT2D eigenvalue weighted by Crippen LogP contribution is 2.23. The highest BCUT2D eigenvalue weighted by atomic mass is 16.7. The molecule has 2 amide bonds. The predicted molar refractivity (Wildman–Crippen MR) is 74.8 cm³/mol. The van der Waals surface area contributed by atoms with Crippen LogP contribution in [-0.2, 0) is 11.4 Å². The van der Waals surface area contributed by atoms with Crippen molar-refractivity contribution in [1.29, 1.82) is 0 Å². The SMILES string of the molecule is O=C1c2ccccc2C(=O)N1OCc1ccc([N+](=O)[O-])cc1. The molecule has 1 heterocycles. The summed E-state index contributed by atoms with van der Waals surface area (Å²) in [5.74, 6) is -1.02. The molecule has 0 atom stereocenters. The van der Waals surface area contributed by atoms with E-state index in [1.54, 1.807) is 24.3 Å². The molecule has 1 aliphatic rings. The molecule has 0 aliphatic carbocycles. The Morgan fingerprint density at radius 3 is 2.00 bits per heavy atom. The number of imide groups is 1. The van der Waals surface area contributed by atoms with Crippen LogP contribution in [0, 0.1) is 10.1 Å². The summed E-state index contributed by atoms with van der Waals surface area (Å²) in [5, 5.41) is 11.3. The average Bonchev–Trinajstić information content (AvgIpc) is 2.78. The van der Waals surface area contributed by atoms with Crippen molar-refractivity contribution < 1.29 is 19.3 Å². The number of benzene rings is 2. The van der Waals surface area contributed by atoms with E-state index >= 15 is 0 Å². The van der Waals surface area contributed by atoms with Crippen molar-refractivity contribution in [3.8, 4) is 0 Å². The van der Waals surface area contributed by atoms with Crippen LogP contribution >= 0.6 is 0 Å². The molecule has 0 bridgehead atoms. The van der Waals surface area contributed by atoms with Gasteiger partial charge in [0, 0.05) is 12.1 Å². The molecule has 0 fully saturated rings. The molecule has 3 rings (SSSR count).